The molecule has 1 aliphatic rings. The maximum absolute atomic E-state index is 14.5. The molecule has 1 aromatic heterocycles. The molecule has 1 amide bonds. The summed E-state index contributed by atoms with van der Waals surface area (Å²) in [6.45, 7) is 4.74. The quantitative estimate of drug-likeness (QED) is 0.498. The third-order valence-corrected chi connectivity index (χ3v) is 5.47. The Morgan fingerprint density at radius 3 is 2.48 bits per heavy atom. The number of nitrogens with zero attached hydrogens (tertiary/aromatic N) is 3. The van der Waals surface area contributed by atoms with Crippen LogP contribution in [0, 0.1) is 11.6 Å². The van der Waals surface area contributed by atoms with Crippen LogP contribution in [0.5, 0.6) is 0 Å². The number of carbonyl (C=O) groups is 1. The van der Waals surface area contributed by atoms with Gasteiger partial charge in [-0.15, -0.1) is 0 Å². The molecule has 33 heavy (non-hydrogen) atoms. The first-order valence-corrected chi connectivity index (χ1v) is 10.6. The average Bonchev–Trinajstić information content (AvgIpc) is 3.07. The third kappa shape index (κ3) is 4.55. The van der Waals surface area contributed by atoms with E-state index in [1.807, 2.05) is 0 Å². The van der Waals surface area contributed by atoms with Crippen LogP contribution >= 0.6 is 11.6 Å². The fourth-order valence-electron chi connectivity index (χ4n) is 3.90. The van der Waals surface area contributed by atoms with Crippen molar-refractivity contribution >= 4 is 28.6 Å². The van der Waals surface area contributed by atoms with Gasteiger partial charge in [-0.25, -0.2) is 22.9 Å². The summed E-state index contributed by atoms with van der Waals surface area (Å²) < 4.78 is 49.0. The van der Waals surface area contributed by atoms with E-state index in [2.05, 4.69) is 4.98 Å². The van der Waals surface area contributed by atoms with Gasteiger partial charge in [0, 0.05) is 12.5 Å². The first-order valence-electron chi connectivity index (χ1n) is 10.3. The van der Waals surface area contributed by atoms with Crippen LogP contribution in [0.15, 0.2) is 41.2 Å². The van der Waals surface area contributed by atoms with E-state index < -0.39 is 41.1 Å². The van der Waals surface area contributed by atoms with Gasteiger partial charge >= 0.3 is 6.09 Å². The number of amides is 1. The fraction of sp³-hybridized carbons (Fsp3) is 0.348. The normalized spacial score (nSPS) is 18.7. The van der Waals surface area contributed by atoms with Crippen LogP contribution < -0.4 is 5.56 Å². The van der Waals surface area contributed by atoms with Crippen LogP contribution in [-0.4, -0.2) is 38.9 Å². The number of benzene rings is 2. The van der Waals surface area contributed by atoms with Crippen LogP contribution in [0.4, 0.5) is 18.0 Å². The lowest BCUT2D eigenvalue weighted by Gasteiger charge is -2.29. The average molecular weight is 480 g/mol. The van der Waals surface area contributed by atoms with E-state index >= 15 is 0 Å². The lowest BCUT2D eigenvalue weighted by atomic mass is 10.1. The number of hydrogen-bond donors (Lipinski definition) is 0. The van der Waals surface area contributed by atoms with Gasteiger partial charge in [0.05, 0.1) is 34.2 Å². The van der Waals surface area contributed by atoms with Crippen molar-refractivity contribution in [2.24, 2.45) is 0 Å². The molecular weight excluding hydrogens is 459 g/mol. The van der Waals surface area contributed by atoms with Crippen LogP contribution in [0.1, 0.15) is 39.1 Å². The molecule has 1 saturated heterocycles. The van der Waals surface area contributed by atoms with Crippen molar-refractivity contribution in [3.05, 3.63) is 69.2 Å². The molecule has 0 bridgehead atoms. The molecule has 10 heteroatoms. The van der Waals surface area contributed by atoms with Gasteiger partial charge in [-0.3, -0.25) is 14.3 Å². The molecule has 0 aliphatic carbocycles. The highest BCUT2D eigenvalue weighted by Gasteiger charge is 2.41. The Bertz CT molecular complexity index is 1290. The molecule has 3 aromatic rings. The van der Waals surface area contributed by atoms with Gasteiger partial charge in [-0.05, 0) is 45.0 Å². The highest BCUT2D eigenvalue weighted by molar-refractivity contribution is 6.35. The summed E-state index contributed by atoms with van der Waals surface area (Å²) in [4.78, 5) is 32.0. The minimum Gasteiger partial charge on any atom is -0.444 e. The highest BCUT2D eigenvalue weighted by atomic mass is 35.5. The minimum absolute atomic E-state index is 0.0335. The summed E-state index contributed by atoms with van der Waals surface area (Å²) in [6, 6.07) is 6.18. The van der Waals surface area contributed by atoms with Gasteiger partial charge in [0.2, 0.25) is 0 Å². The number of alkyl halides is 1. The molecule has 174 valence electrons. The van der Waals surface area contributed by atoms with E-state index in [-0.39, 0.29) is 40.4 Å². The molecule has 1 fully saturated rings. The molecule has 1 aliphatic heterocycles. The van der Waals surface area contributed by atoms with E-state index in [4.69, 9.17) is 16.3 Å². The Morgan fingerprint density at radius 2 is 1.85 bits per heavy atom. The number of likely N-dealkylation sites (tertiary alicyclic amines) is 1. The highest BCUT2D eigenvalue weighted by Crippen LogP contribution is 2.35. The smallest absolute Gasteiger partial charge is 0.411 e. The summed E-state index contributed by atoms with van der Waals surface area (Å²) >= 11 is 6.23. The number of hydrogen-bond acceptors (Lipinski definition) is 4. The predicted octanol–water partition coefficient (Wildman–Crippen LogP) is 5.34. The molecule has 2 atom stereocenters. The fourth-order valence-corrected chi connectivity index (χ4v) is 4.15. The first kappa shape index (κ1) is 23.1. The standard InChI is InChI=1S/C23H21ClF3N3O3/c1-23(2,3)33-22(32)29-11-14(27)10-18(29)20-28-17-6-4-5-16(24)19(17)21(31)30(20)15-8-12(25)7-13(26)9-15/h4-9,14,18H,10-11H2,1-3H3/t14-,18-/m0/s1. The summed E-state index contributed by atoms with van der Waals surface area (Å²) in [6.07, 6.45) is -2.37. The van der Waals surface area contributed by atoms with Crippen LogP contribution in [0.25, 0.3) is 16.6 Å². The van der Waals surface area contributed by atoms with E-state index in [1.165, 1.54) is 6.07 Å². The summed E-state index contributed by atoms with van der Waals surface area (Å²) in [5.41, 5.74) is -1.49. The van der Waals surface area contributed by atoms with Crippen LogP contribution in [0.3, 0.4) is 0 Å². The molecule has 0 saturated carbocycles. The monoisotopic (exact) mass is 479 g/mol. The Balaban J connectivity index is 1.98. The summed E-state index contributed by atoms with van der Waals surface area (Å²) in [5, 5.41) is 0.132. The second kappa shape index (κ2) is 8.37. The van der Waals surface area contributed by atoms with Crippen molar-refractivity contribution in [2.45, 2.75) is 45.0 Å². The second-order valence-corrected chi connectivity index (χ2v) is 9.26. The molecule has 2 aromatic carbocycles. The molecular formula is C23H21ClF3N3O3. The van der Waals surface area contributed by atoms with Crippen LogP contribution in [0.2, 0.25) is 5.02 Å². The lowest BCUT2D eigenvalue weighted by molar-refractivity contribution is 0.0209. The van der Waals surface area contributed by atoms with Crippen molar-refractivity contribution in [1.82, 2.24) is 14.5 Å². The molecule has 4 rings (SSSR count). The van der Waals surface area contributed by atoms with Gasteiger partial charge in [-0.2, -0.15) is 0 Å². The van der Waals surface area contributed by atoms with Crippen molar-refractivity contribution in [3.63, 3.8) is 0 Å². The summed E-state index contributed by atoms with van der Waals surface area (Å²) in [7, 11) is 0. The number of carbonyl (C=O) groups excluding carboxylic acids is 1. The lowest BCUT2D eigenvalue weighted by Crippen LogP contribution is -2.39. The second-order valence-electron chi connectivity index (χ2n) is 8.85. The maximum Gasteiger partial charge on any atom is 0.411 e. The van der Waals surface area contributed by atoms with Gasteiger partial charge in [0.1, 0.15) is 29.2 Å². The first-order chi connectivity index (χ1) is 15.4. The van der Waals surface area contributed by atoms with Crippen molar-refractivity contribution < 1.29 is 22.7 Å². The number of ether oxygens (including phenoxy) is 1. The van der Waals surface area contributed by atoms with Crippen LogP contribution in [-0.2, 0) is 4.74 Å². The van der Waals surface area contributed by atoms with E-state index in [9.17, 15) is 22.8 Å². The number of halogens is 4. The van der Waals surface area contributed by atoms with Crippen molar-refractivity contribution in [3.8, 4) is 5.69 Å². The van der Waals surface area contributed by atoms with Gasteiger partial charge < -0.3 is 4.74 Å². The van der Waals surface area contributed by atoms with Gasteiger partial charge in [0.25, 0.3) is 5.56 Å². The van der Waals surface area contributed by atoms with Gasteiger partial charge in [-0.1, -0.05) is 17.7 Å². The van der Waals surface area contributed by atoms with E-state index in [0.717, 1.165) is 21.6 Å². The zero-order valence-electron chi connectivity index (χ0n) is 18.1. The van der Waals surface area contributed by atoms with Gasteiger partial charge in [0.15, 0.2) is 0 Å². The number of rotatable bonds is 2. The predicted molar refractivity (Wildman–Crippen MR) is 117 cm³/mol. The van der Waals surface area contributed by atoms with E-state index in [1.54, 1.807) is 32.9 Å². The zero-order chi connectivity index (χ0) is 24.1. The maximum atomic E-state index is 14.5. The molecule has 2 heterocycles. The van der Waals surface area contributed by atoms with E-state index in [0.29, 0.717) is 6.07 Å². The van der Waals surface area contributed by atoms with Crippen molar-refractivity contribution in [1.29, 1.82) is 0 Å². The Hall–Kier alpha value is -3.07. The largest absolute Gasteiger partial charge is 0.444 e. The molecule has 6 nitrogen and oxygen atoms in total. The SMILES string of the molecule is CC(C)(C)OC(=O)N1C[C@@H](F)C[C@H]1c1nc2cccc(Cl)c2c(=O)n1-c1cc(F)cc(F)c1. The van der Waals surface area contributed by atoms with Crippen molar-refractivity contribution in [2.75, 3.05) is 6.54 Å². The third-order valence-electron chi connectivity index (χ3n) is 5.15. The number of fused-ring (bicyclic) bond motifs is 1. The Kier molecular flexibility index (Phi) is 5.86. The Morgan fingerprint density at radius 1 is 1.18 bits per heavy atom. The minimum atomic E-state index is -1.41. The molecule has 0 spiro atoms. The molecule has 0 unspecified atom stereocenters. The zero-order valence-corrected chi connectivity index (χ0v) is 18.9. The summed E-state index contributed by atoms with van der Waals surface area (Å²) in [5.74, 6) is -1.88. The number of aromatic nitrogens is 2. The molecule has 0 N–H and O–H groups in total. The molecule has 0 radical (unpaired) electrons. The Labute approximate surface area is 192 Å². The topological polar surface area (TPSA) is 64.4 Å².